The highest BCUT2D eigenvalue weighted by atomic mass is 16.5. The molecule has 0 aromatic heterocycles. The third-order valence-electron chi connectivity index (χ3n) is 1.53. The van der Waals surface area contributed by atoms with Gasteiger partial charge in [0.05, 0.1) is 25.1 Å². The molecule has 1 N–H and O–H groups in total. The fourth-order valence-electron chi connectivity index (χ4n) is 0.893. The van der Waals surface area contributed by atoms with Gasteiger partial charge in [0.15, 0.2) is 0 Å². The molecular formula is C8H12N2O2. The zero-order valence-corrected chi connectivity index (χ0v) is 6.99. The first-order valence-electron chi connectivity index (χ1n) is 3.88. The highest BCUT2D eigenvalue weighted by molar-refractivity contribution is 5.75. The molecule has 1 atom stereocenters. The number of esters is 1. The summed E-state index contributed by atoms with van der Waals surface area (Å²) in [6, 6.07) is 0. The molecule has 0 aromatic carbocycles. The largest absolute Gasteiger partial charge is 0.435 e. The maximum Gasteiger partial charge on any atom is 0.317 e. The number of carbonyl (C=O) groups is 1. The molecule has 4 heteroatoms. The third kappa shape index (κ3) is 2.38. The van der Waals surface area contributed by atoms with E-state index >= 15 is 0 Å². The van der Waals surface area contributed by atoms with Gasteiger partial charge < -0.3 is 10.1 Å². The van der Waals surface area contributed by atoms with E-state index in [0.29, 0.717) is 13.1 Å². The van der Waals surface area contributed by atoms with Gasteiger partial charge in [-0.15, -0.1) is 0 Å². The summed E-state index contributed by atoms with van der Waals surface area (Å²) >= 11 is 0. The summed E-state index contributed by atoms with van der Waals surface area (Å²) in [6.45, 7) is 2.92. The molecule has 12 heavy (non-hydrogen) atoms. The minimum atomic E-state index is -0.225. The number of ether oxygens (including phenoxy) is 1. The van der Waals surface area contributed by atoms with Crippen LogP contribution < -0.4 is 5.32 Å². The quantitative estimate of drug-likeness (QED) is 0.477. The minimum Gasteiger partial charge on any atom is -0.435 e. The van der Waals surface area contributed by atoms with Crippen molar-refractivity contribution in [2.45, 2.75) is 6.92 Å². The zero-order valence-electron chi connectivity index (χ0n) is 6.99. The molecule has 66 valence electrons. The molecule has 1 heterocycles. The highest BCUT2D eigenvalue weighted by Crippen LogP contribution is 2.02. The van der Waals surface area contributed by atoms with Crippen molar-refractivity contribution in [3.63, 3.8) is 0 Å². The third-order valence-corrected chi connectivity index (χ3v) is 1.53. The van der Waals surface area contributed by atoms with E-state index in [2.05, 4.69) is 10.3 Å². The molecule has 1 aliphatic heterocycles. The number of aliphatic imine (C=N–C) groups is 1. The fraction of sp³-hybridized carbons (Fsp3) is 0.500. The van der Waals surface area contributed by atoms with Crippen molar-refractivity contribution in [2.24, 2.45) is 10.9 Å². The van der Waals surface area contributed by atoms with Crippen LogP contribution in [0.15, 0.2) is 17.3 Å². The number of carbonyl (C=O) groups excluding carboxylic acids is 1. The Kier molecular flexibility index (Phi) is 3.32. The molecule has 0 bridgehead atoms. The summed E-state index contributed by atoms with van der Waals surface area (Å²) < 4.78 is 4.80. The first-order chi connectivity index (χ1) is 5.84. The van der Waals surface area contributed by atoms with Crippen LogP contribution in [0.4, 0.5) is 0 Å². The van der Waals surface area contributed by atoms with E-state index in [-0.39, 0.29) is 11.9 Å². The van der Waals surface area contributed by atoms with E-state index in [1.54, 1.807) is 19.3 Å². The van der Waals surface area contributed by atoms with Crippen molar-refractivity contribution in [3.05, 3.63) is 12.3 Å². The van der Waals surface area contributed by atoms with Crippen LogP contribution in [-0.4, -0.2) is 25.4 Å². The molecule has 0 aliphatic carbocycles. The molecule has 1 rings (SSSR count). The first kappa shape index (κ1) is 8.77. The Morgan fingerprint density at radius 1 is 1.83 bits per heavy atom. The lowest BCUT2D eigenvalue weighted by Gasteiger charge is -2.15. The molecule has 0 spiro atoms. The van der Waals surface area contributed by atoms with Crippen molar-refractivity contribution in [1.82, 2.24) is 5.32 Å². The Morgan fingerprint density at radius 3 is 3.25 bits per heavy atom. The van der Waals surface area contributed by atoms with E-state index in [0.717, 1.165) is 0 Å². The van der Waals surface area contributed by atoms with Crippen LogP contribution in [0.2, 0.25) is 0 Å². The van der Waals surface area contributed by atoms with Gasteiger partial charge in [-0.2, -0.15) is 0 Å². The highest BCUT2D eigenvalue weighted by Gasteiger charge is 2.19. The molecule has 0 radical (unpaired) electrons. The van der Waals surface area contributed by atoms with Crippen LogP contribution in [0.1, 0.15) is 6.92 Å². The maximum atomic E-state index is 11.2. The monoisotopic (exact) mass is 168 g/mol. The summed E-state index contributed by atoms with van der Waals surface area (Å²) in [5.74, 6) is -0.372. The number of allylic oxidation sites excluding steroid dienone is 1. The Bertz CT molecular complexity index is 211. The van der Waals surface area contributed by atoms with Gasteiger partial charge in [0.25, 0.3) is 0 Å². The zero-order chi connectivity index (χ0) is 8.81. The van der Waals surface area contributed by atoms with Crippen molar-refractivity contribution in [3.8, 4) is 0 Å². The van der Waals surface area contributed by atoms with Crippen LogP contribution in [0.5, 0.6) is 0 Å². The van der Waals surface area contributed by atoms with Gasteiger partial charge in [-0.25, -0.2) is 0 Å². The van der Waals surface area contributed by atoms with E-state index in [4.69, 9.17) is 4.74 Å². The fourth-order valence-corrected chi connectivity index (χ4v) is 0.893. The molecule has 0 saturated heterocycles. The number of nitrogens with zero attached hydrogens (tertiary/aromatic N) is 1. The first-order valence-corrected chi connectivity index (χ1v) is 3.88. The predicted octanol–water partition coefficient (Wildman–Crippen LogP) is 0.311. The Labute approximate surface area is 71.3 Å². The lowest BCUT2D eigenvalue weighted by molar-refractivity contribution is -0.142. The van der Waals surface area contributed by atoms with Gasteiger partial charge in [-0.1, -0.05) is 6.08 Å². The van der Waals surface area contributed by atoms with E-state index < -0.39 is 0 Å². The van der Waals surface area contributed by atoms with Crippen LogP contribution in [0.25, 0.3) is 0 Å². The summed E-state index contributed by atoms with van der Waals surface area (Å²) in [6.07, 6.45) is 4.68. The molecular weight excluding hydrogens is 156 g/mol. The smallest absolute Gasteiger partial charge is 0.317 e. The molecule has 1 unspecified atom stereocenters. The number of hydrogen-bond donors (Lipinski definition) is 1. The van der Waals surface area contributed by atoms with E-state index in [9.17, 15) is 4.79 Å². The molecule has 0 aromatic rings. The maximum absolute atomic E-state index is 11.2. The normalized spacial score (nSPS) is 22.2. The summed E-state index contributed by atoms with van der Waals surface area (Å²) in [5, 5.41) is 2.88. The topological polar surface area (TPSA) is 50.7 Å². The van der Waals surface area contributed by atoms with Crippen molar-refractivity contribution < 1.29 is 9.53 Å². The van der Waals surface area contributed by atoms with Crippen molar-refractivity contribution in [1.29, 1.82) is 0 Å². The summed E-state index contributed by atoms with van der Waals surface area (Å²) in [7, 11) is 0. The number of hydrogen-bond acceptors (Lipinski definition) is 4. The second-order valence-corrected chi connectivity index (χ2v) is 2.51. The van der Waals surface area contributed by atoms with E-state index in [1.807, 2.05) is 0 Å². The van der Waals surface area contributed by atoms with Gasteiger partial charge in [0, 0.05) is 6.54 Å². The van der Waals surface area contributed by atoms with Gasteiger partial charge in [0.1, 0.15) is 0 Å². The van der Waals surface area contributed by atoms with Crippen LogP contribution in [0, 0.1) is 5.92 Å². The van der Waals surface area contributed by atoms with Gasteiger partial charge >= 0.3 is 5.97 Å². The van der Waals surface area contributed by atoms with Crippen LogP contribution >= 0.6 is 0 Å². The molecule has 0 fully saturated rings. The lowest BCUT2D eigenvalue weighted by atomic mass is 10.1. The lowest BCUT2D eigenvalue weighted by Crippen LogP contribution is -2.34. The Hall–Kier alpha value is -1.32. The second kappa shape index (κ2) is 4.54. The Morgan fingerprint density at radius 2 is 2.67 bits per heavy atom. The standard InChI is InChI=1S/C8H12N2O2/c1-2-3-12-8(11)7-4-9-6-10-5-7/h2-3,6-7H,4-5H2,1H3,(H,9,10)/b3-2+. The number of rotatable bonds is 2. The van der Waals surface area contributed by atoms with E-state index in [1.165, 1.54) is 6.26 Å². The molecule has 1 aliphatic rings. The predicted molar refractivity (Wildman–Crippen MR) is 45.8 cm³/mol. The van der Waals surface area contributed by atoms with Crippen molar-refractivity contribution >= 4 is 12.3 Å². The summed E-state index contributed by atoms with van der Waals surface area (Å²) in [5.41, 5.74) is 0. The average molecular weight is 168 g/mol. The molecule has 4 nitrogen and oxygen atoms in total. The number of nitrogens with one attached hydrogen (secondary N) is 1. The van der Waals surface area contributed by atoms with Gasteiger partial charge in [-0.3, -0.25) is 9.79 Å². The Balaban J connectivity index is 2.36. The summed E-state index contributed by atoms with van der Waals surface area (Å²) in [4.78, 5) is 15.1. The minimum absolute atomic E-state index is 0.147. The second-order valence-electron chi connectivity index (χ2n) is 2.51. The SMILES string of the molecule is C/C=C/OC(=O)C1CN=CNC1. The van der Waals surface area contributed by atoms with Gasteiger partial charge in [-0.05, 0) is 6.92 Å². The molecule has 0 saturated carbocycles. The van der Waals surface area contributed by atoms with Gasteiger partial charge in [0.2, 0.25) is 0 Å². The average Bonchev–Trinajstić information content (AvgIpc) is 2.15. The van der Waals surface area contributed by atoms with Crippen LogP contribution in [-0.2, 0) is 9.53 Å². The molecule has 0 amide bonds. The van der Waals surface area contributed by atoms with Crippen LogP contribution in [0.3, 0.4) is 0 Å². The van der Waals surface area contributed by atoms with Crippen molar-refractivity contribution in [2.75, 3.05) is 13.1 Å².